The molecule has 3 rings (SSSR count). The van der Waals surface area contributed by atoms with Gasteiger partial charge in [-0.1, -0.05) is 31.5 Å². The molecule has 0 saturated heterocycles. The third-order valence-corrected chi connectivity index (χ3v) is 6.41. The van der Waals surface area contributed by atoms with E-state index in [4.69, 9.17) is 4.74 Å². The first-order chi connectivity index (χ1) is 14.9. The maximum Gasteiger partial charge on any atom is 0.261 e. The minimum absolute atomic E-state index is 0.102. The molecule has 0 fully saturated rings. The number of hydrogen-bond donors (Lipinski definition) is 2. The summed E-state index contributed by atoms with van der Waals surface area (Å²) in [6.45, 7) is 2.71. The summed E-state index contributed by atoms with van der Waals surface area (Å²) < 4.78 is 33.9. The van der Waals surface area contributed by atoms with Gasteiger partial charge in [-0.2, -0.15) is 0 Å². The summed E-state index contributed by atoms with van der Waals surface area (Å²) in [5, 5.41) is 2.77. The van der Waals surface area contributed by atoms with Crippen LogP contribution in [0.5, 0.6) is 5.75 Å². The number of ether oxygens (including phenoxy) is 1. The Labute approximate surface area is 190 Å². The van der Waals surface area contributed by atoms with Crippen LogP contribution in [0.1, 0.15) is 30.1 Å². The van der Waals surface area contributed by atoms with Gasteiger partial charge >= 0.3 is 0 Å². The van der Waals surface area contributed by atoms with Crippen LogP contribution in [0.25, 0.3) is 0 Å². The zero-order chi connectivity index (χ0) is 22.3. The number of para-hydroxylation sites is 1. The molecule has 31 heavy (non-hydrogen) atoms. The van der Waals surface area contributed by atoms with Crippen molar-refractivity contribution in [3.63, 3.8) is 0 Å². The lowest BCUT2D eigenvalue weighted by Gasteiger charge is -2.11. The van der Waals surface area contributed by atoms with E-state index < -0.39 is 10.0 Å². The van der Waals surface area contributed by atoms with E-state index in [1.807, 2.05) is 0 Å². The van der Waals surface area contributed by atoms with E-state index in [1.165, 1.54) is 12.1 Å². The lowest BCUT2D eigenvalue weighted by molar-refractivity contribution is 0.102. The number of unbranched alkanes of at least 4 members (excludes halogenated alkanes) is 1. The highest BCUT2D eigenvalue weighted by Crippen LogP contribution is 2.27. The monoisotopic (exact) mass is 502 g/mol. The highest BCUT2D eigenvalue weighted by atomic mass is 79.9. The van der Waals surface area contributed by atoms with Gasteiger partial charge in [-0.25, -0.2) is 8.42 Å². The molecule has 8 heteroatoms. The van der Waals surface area contributed by atoms with Crippen molar-refractivity contribution in [2.75, 3.05) is 16.6 Å². The second kappa shape index (κ2) is 10.5. The second-order valence-electron chi connectivity index (χ2n) is 6.80. The number of halogens is 1. The van der Waals surface area contributed by atoms with E-state index >= 15 is 0 Å². The number of nitrogens with one attached hydrogen (secondary N) is 2. The van der Waals surface area contributed by atoms with Crippen LogP contribution in [0.15, 0.2) is 82.2 Å². The quantitative estimate of drug-likeness (QED) is 0.368. The minimum atomic E-state index is -3.71. The molecule has 0 aromatic heterocycles. The molecule has 0 bridgehead atoms. The van der Waals surface area contributed by atoms with Gasteiger partial charge in [0.2, 0.25) is 0 Å². The molecule has 0 radical (unpaired) electrons. The highest BCUT2D eigenvalue weighted by Gasteiger charge is 2.15. The Balaban J connectivity index is 1.65. The van der Waals surface area contributed by atoms with Crippen molar-refractivity contribution in [1.29, 1.82) is 0 Å². The van der Waals surface area contributed by atoms with E-state index in [9.17, 15) is 13.2 Å². The minimum Gasteiger partial charge on any atom is -0.492 e. The zero-order valence-corrected chi connectivity index (χ0v) is 19.4. The summed E-state index contributed by atoms with van der Waals surface area (Å²) in [5.41, 5.74) is 1.42. The predicted octanol–water partition coefficient (Wildman–Crippen LogP) is 5.68. The SMILES string of the molecule is CCCCOc1ccc(C(=O)Nc2ccc(S(=O)(=O)Nc3ccccc3)cc2)cc1Br. The van der Waals surface area contributed by atoms with Crippen LogP contribution < -0.4 is 14.8 Å². The summed E-state index contributed by atoms with van der Waals surface area (Å²) in [4.78, 5) is 12.7. The van der Waals surface area contributed by atoms with E-state index in [-0.39, 0.29) is 10.8 Å². The summed E-state index contributed by atoms with van der Waals surface area (Å²) in [6, 6.07) is 19.8. The number of sulfonamides is 1. The van der Waals surface area contributed by atoms with Gasteiger partial charge in [0.15, 0.2) is 0 Å². The lowest BCUT2D eigenvalue weighted by Crippen LogP contribution is -2.14. The van der Waals surface area contributed by atoms with Crippen LogP contribution in [-0.4, -0.2) is 20.9 Å². The number of hydrogen-bond acceptors (Lipinski definition) is 4. The molecule has 2 N–H and O–H groups in total. The first-order valence-corrected chi connectivity index (χ1v) is 12.1. The Hall–Kier alpha value is -2.84. The van der Waals surface area contributed by atoms with Crippen LogP contribution in [0.4, 0.5) is 11.4 Å². The molecular formula is C23H23BrN2O4S. The fourth-order valence-corrected chi connectivity index (χ4v) is 4.28. The topological polar surface area (TPSA) is 84.5 Å². The molecule has 0 aliphatic heterocycles. The number of carbonyl (C=O) groups excluding carboxylic acids is 1. The average Bonchev–Trinajstić information content (AvgIpc) is 2.76. The number of anilines is 2. The second-order valence-corrected chi connectivity index (χ2v) is 9.33. The maximum atomic E-state index is 12.6. The zero-order valence-electron chi connectivity index (χ0n) is 17.0. The molecular weight excluding hydrogens is 480 g/mol. The molecule has 0 unspecified atom stereocenters. The van der Waals surface area contributed by atoms with Crippen LogP contribution in [-0.2, 0) is 10.0 Å². The van der Waals surface area contributed by atoms with Crippen LogP contribution >= 0.6 is 15.9 Å². The fraction of sp³-hybridized carbons (Fsp3) is 0.174. The number of amides is 1. The maximum absolute atomic E-state index is 12.6. The van der Waals surface area contributed by atoms with Gasteiger partial charge in [0.1, 0.15) is 5.75 Å². The Morgan fingerprint density at radius 2 is 1.68 bits per heavy atom. The fourth-order valence-electron chi connectivity index (χ4n) is 2.73. The molecule has 0 aliphatic carbocycles. The Bertz CT molecular complexity index is 1130. The average molecular weight is 503 g/mol. The Morgan fingerprint density at radius 3 is 2.32 bits per heavy atom. The normalized spacial score (nSPS) is 11.0. The van der Waals surface area contributed by atoms with E-state index in [2.05, 4.69) is 32.9 Å². The van der Waals surface area contributed by atoms with Crippen LogP contribution in [0.2, 0.25) is 0 Å². The van der Waals surface area contributed by atoms with Crippen molar-refractivity contribution in [1.82, 2.24) is 0 Å². The van der Waals surface area contributed by atoms with Gasteiger partial charge in [0.05, 0.1) is 16.0 Å². The molecule has 162 valence electrons. The molecule has 0 aliphatic rings. The van der Waals surface area contributed by atoms with Crippen molar-refractivity contribution in [2.24, 2.45) is 0 Å². The third kappa shape index (κ3) is 6.32. The first kappa shape index (κ1) is 22.8. The van der Waals surface area contributed by atoms with Crippen LogP contribution in [0, 0.1) is 0 Å². The lowest BCUT2D eigenvalue weighted by atomic mass is 10.2. The van der Waals surface area contributed by atoms with Gasteiger partial charge in [-0.05, 0) is 76.9 Å². The van der Waals surface area contributed by atoms with Gasteiger partial charge in [0, 0.05) is 16.9 Å². The summed E-state index contributed by atoms with van der Waals surface area (Å²) in [6.07, 6.45) is 2.00. The number of carbonyl (C=O) groups is 1. The van der Waals surface area contributed by atoms with Crippen molar-refractivity contribution in [3.05, 3.63) is 82.8 Å². The van der Waals surface area contributed by atoms with Crippen molar-refractivity contribution >= 4 is 43.2 Å². The first-order valence-electron chi connectivity index (χ1n) is 9.80. The van der Waals surface area contributed by atoms with Crippen molar-refractivity contribution in [2.45, 2.75) is 24.7 Å². The largest absolute Gasteiger partial charge is 0.492 e. The van der Waals surface area contributed by atoms with E-state index in [0.717, 1.165) is 12.8 Å². The molecule has 3 aromatic rings. The van der Waals surface area contributed by atoms with E-state index in [0.29, 0.717) is 33.8 Å². The van der Waals surface area contributed by atoms with Gasteiger partial charge in [-0.3, -0.25) is 9.52 Å². The van der Waals surface area contributed by atoms with Crippen molar-refractivity contribution in [3.8, 4) is 5.75 Å². The Morgan fingerprint density at radius 1 is 0.968 bits per heavy atom. The van der Waals surface area contributed by atoms with E-state index in [1.54, 1.807) is 60.7 Å². The molecule has 1 amide bonds. The molecule has 0 atom stereocenters. The van der Waals surface area contributed by atoms with Crippen molar-refractivity contribution < 1.29 is 17.9 Å². The van der Waals surface area contributed by atoms with Gasteiger partial charge in [0.25, 0.3) is 15.9 Å². The van der Waals surface area contributed by atoms with Gasteiger partial charge in [-0.15, -0.1) is 0 Å². The number of rotatable bonds is 9. The highest BCUT2D eigenvalue weighted by molar-refractivity contribution is 9.10. The molecule has 6 nitrogen and oxygen atoms in total. The summed E-state index contributed by atoms with van der Waals surface area (Å²) >= 11 is 3.43. The molecule has 3 aromatic carbocycles. The smallest absolute Gasteiger partial charge is 0.261 e. The molecule has 0 heterocycles. The predicted molar refractivity (Wildman–Crippen MR) is 126 cm³/mol. The standard InChI is InChI=1S/C23H23BrN2O4S/c1-2-3-15-30-22-14-9-17(16-21(22)24)23(27)25-18-10-12-20(13-11-18)31(28,29)26-19-7-5-4-6-8-19/h4-14,16,26H,2-3,15H2,1H3,(H,25,27). The number of benzene rings is 3. The third-order valence-electron chi connectivity index (χ3n) is 4.40. The van der Waals surface area contributed by atoms with Crippen LogP contribution in [0.3, 0.4) is 0 Å². The molecule has 0 spiro atoms. The van der Waals surface area contributed by atoms with Gasteiger partial charge < -0.3 is 10.1 Å². The summed E-state index contributed by atoms with van der Waals surface area (Å²) in [7, 11) is -3.71. The summed E-state index contributed by atoms with van der Waals surface area (Å²) in [5.74, 6) is 0.379. The molecule has 0 saturated carbocycles. The Kier molecular flexibility index (Phi) is 7.70.